The highest BCUT2D eigenvalue weighted by atomic mass is 32.1. The molecule has 28 heavy (non-hydrogen) atoms. The summed E-state index contributed by atoms with van der Waals surface area (Å²) in [6.45, 7) is 3.91. The molecule has 146 valence electrons. The maximum Gasteiger partial charge on any atom is 0.275 e. The fourth-order valence-electron chi connectivity index (χ4n) is 4.08. The van der Waals surface area contributed by atoms with Gasteiger partial charge >= 0.3 is 0 Å². The van der Waals surface area contributed by atoms with Crippen LogP contribution >= 0.6 is 11.3 Å². The van der Waals surface area contributed by atoms with Gasteiger partial charge in [-0.25, -0.2) is 4.98 Å². The van der Waals surface area contributed by atoms with Crippen molar-refractivity contribution in [2.75, 3.05) is 31.6 Å². The first-order chi connectivity index (χ1) is 13.7. The molecule has 1 saturated heterocycles. The zero-order valence-corrected chi connectivity index (χ0v) is 16.9. The van der Waals surface area contributed by atoms with Crippen LogP contribution in [-0.2, 0) is 6.54 Å². The largest absolute Gasteiger partial charge is 0.371 e. The summed E-state index contributed by atoms with van der Waals surface area (Å²) < 4.78 is 1.47. The Morgan fingerprint density at radius 3 is 2.82 bits per heavy atom. The van der Waals surface area contributed by atoms with Crippen molar-refractivity contribution in [3.05, 3.63) is 57.5 Å². The van der Waals surface area contributed by atoms with Crippen LogP contribution in [0.25, 0.3) is 4.96 Å². The van der Waals surface area contributed by atoms with Crippen molar-refractivity contribution in [3.8, 4) is 0 Å². The highest BCUT2D eigenvalue weighted by Crippen LogP contribution is 2.41. The Hall–Kier alpha value is -2.25. The fraction of sp³-hybridized carbons (Fsp3) is 0.476. The van der Waals surface area contributed by atoms with Crippen molar-refractivity contribution in [2.24, 2.45) is 5.92 Å². The second-order valence-electron chi connectivity index (χ2n) is 8.13. The van der Waals surface area contributed by atoms with E-state index in [0.29, 0.717) is 18.4 Å². The third-order valence-electron chi connectivity index (χ3n) is 5.65. The van der Waals surface area contributed by atoms with E-state index in [-0.39, 0.29) is 5.56 Å². The molecule has 0 amide bonds. The van der Waals surface area contributed by atoms with Crippen molar-refractivity contribution in [3.63, 3.8) is 0 Å². The second kappa shape index (κ2) is 7.29. The van der Waals surface area contributed by atoms with Crippen LogP contribution in [0, 0.1) is 5.92 Å². The van der Waals surface area contributed by atoms with Crippen molar-refractivity contribution in [2.45, 2.75) is 31.7 Å². The molecule has 2 aromatic heterocycles. The minimum Gasteiger partial charge on any atom is -0.371 e. The fourth-order valence-corrected chi connectivity index (χ4v) is 5.18. The summed E-state index contributed by atoms with van der Waals surface area (Å²) in [5.41, 5.74) is 2.09. The smallest absolute Gasteiger partial charge is 0.275 e. The molecule has 2 fully saturated rings. The first-order valence-electron chi connectivity index (χ1n) is 10.0. The standard InChI is InChI=1S/C21H25N5OS/c1-24(12-15-9-10-25(13-15)18-5-3-2-4-6-18)14-17-11-19(27)26-21(22-17)28-20(23-26)16-7-8-16/h2-6,11,15-16H,7-10,12-14H2,1H3. The van der Waals surface area contributed by atoms with Crippen LogP contribution < -0.4 is 10.5 Å². The Labute approximate surface area is 168 Å². The number of aromatic nitrogens is 3. The quantitative estimate of drug-likeness (QED) is 0.642. The maximum atomic E-state index is 12.4. The van der Waals surface area contributed by atoms with Crippen molar-refractivity contribution >= 4 is 22.0 Å². The van der Waals surface area contributed by atoms with Gasteiger partial charge in [0.25, 0.3) is 5.56 Å². The van der Waals surface area contributed by atoms with E-state index in [1.165, 1.54) is 29.5 Å². The average molecular weight is 396 g/mol. The first-order valence-corrected chi connectivity index (χ1v) is 10.9. The third kappa shape index (κ3) is 3.69. The lowest BCUT2D eigenvalue weighted by Crippen LogP contribution is -2.29. The molecular weight excluding hydrogens is 370 g/mol. The van der Waals surface area contributed by atoms with E-state index in [1.54, 1.807) is 17.4 Å². The number of para-hydroxylation sites is 1. The van der Waals surface area contributed by atoms with E-state index < -0.39 is 0 Å². The van der Waals surface area contributed by atoms with Crippen LogP contribution in [0.2, 0.25) is 0 Å². The monoisotopic (exact) mass is 395 g/mol. The van der Waals surface area contributed by atoms with Gasteiger partial charge in [-0.2, -0.15) is 9.61 Å². The van der Waals surface area contributed by atoms with Gasteiger partial charge in [-0.1, -0.05) is 29.5 Å². The Morgan fingerprint density at radius 2 is 2.04 bits per heavy atom. The molecule has 5 rings (SSSR count). The lowest BCUT2D eigenvalue weighted by molar-refractivity contribution is 0.276. The number of nitrogens with zero attached hydrogens (tertiary/aromatic N) is 5. The molecule has 3 heterocycles. The van der Waals surface area contributed by atoms with Crippen LogP contribution in [0.15, 0.2) is 41.2 Å². The number of anilines is 1. The molecule has 3 aromatic rings. The summed E-state index contributed by atoms with van der Waals surface area (Å²) in [7, 11) is 2.12. The Morgan fingerprint density at radius 1 is 1.21 bits per heavy atom. The molecule has 1 aliphatic carbocycles. The molecule has 7 heteroatoms. The van der Waals surface area contributed by atoms with Crippen molar-refractivity contribution in [1.82, 2.24) is 19.5 Å². The summed E-state index contributed by atoms with van der Waals surface area (Å²) in [6, 6.07) is 12.3. The van der Waals surface area contributed by atoms with E-state index in [2.05, 4.69) is 52.3 Å². The van der Waals surface area contributed by atoms with E-state index in [1.807, 2.05) is 0 Å². The first kappa shape index (κ1) is 17.8. The van der Waals surface area contributed by atoms with Gasteiger partial charge in [-0.15, -0.1) is 0 Å². The Bertz CT molecular complexity index is 1030. The molecular formula is C21H25N5OS. The van der Waals surface area contributed by atoms with Crippen molar-refractivity contribution < 1.29 is 0 Å². The van der Waals surface area contributed by atoms with E-state index in [9.17, 15) is 4.79 Å². The van der Waals surface area contributed by atoms with Gasteiger partial charge in [0.1, 0.15) is 5.01 Å². The zero-order chi connectivity index (χ0) is 19.1. The molecule has 1 aliphatic heterocycles. The summed E-state index contributed by atoms with van der Waals surface area (Å²) >= 11 is 1.57. The second-order valence-corrected chi connectivity index (χ2v) is 9.12. The van der Waals surface area contributed by atoms with E-state index in [0.717, 1.165) is 35.3 Å². The molecule has 0 radical (unpaired) electrons. The number of hydrogen-bond acceptors (Lipinski definition) is 6. The molecule has 1 unspecified atom stereocenters. The third-order valence-corrected chi connectivity index (χ3v) is 6.72. The molecule has 2 aliphatic rings. The highest BCUT2D eigenvalue weighted by Gasteiger charge is 2.28. The predicted molar refractivity (Wildman–Crippen MR) is 112 cm³/mol. The minimum atomic E-state index is -0.0623. The molecule has 6 nitrogen and oxygen atoms in total. The lowest BCUT2D eigenvalue weighted by Gasteiger charge is -2.22. The zero-order valence-electron chi connectivity index (χ0n) is 16.1. The summed E-state index contributed by atoms with van der Waals surface area (Å²) in [6.07, 6.45) is 3.57. The molecule has 0 spiro atoms. The summed E-state index contributed by atoms with van der Waals surface area (Å²) in [5, 5.41) is 5.51. The number of fused-ring (bicyclic) bond motifs is 1. The lowest BCUT2D eigenvalue weighted by atomic mass is 10.1. The van der Waals surface area contributed by atoms with Crippen LogP contribution in [0.3, 0.4) is 0 Å². The summed E-state index contributed by atoms with van der Waals surface area (Å²) in [4.78, 5) is 22.6. The van der Waals surface area contributed by atoms with E-state index in [4.69, 9.17) is 4.98 Å². The Kier molecular flexibility index (Phi) is 4.64. The van der Waals surface area contributed by atoms with Gasteiger partial charge in [-0.05, 0) is 44.4 Å². The molecule has 1 aromatic carbocycles. The number of rotatable bonds is 6. The van der Waals surface area contributed by atoms with Gasteiger partial charge in [0.2, 0.25) is 4.96 Å². The van der Waals surface area contributed by atoms with Crippen LogP contribution in [-0.4, -0.2) is 46.2 Å². The van der Waals surface area contributed by atoms with Crippen LogP contribution in [0.5, 0.6) is 0 Å². The van der Waals surface area contributed by atoms with Crippen LogP contribution in [0.1, 0.15) is 35.9 Å². The van der Waals surface area contributed by atoms with E-state index >= 15 is 0 Å². The topological polar surface area (TPSA) is 53.7 Å². The molecule has 1 saturated carbocycles. The molecule has 1 atom stereocenters. The number of benzene rings is 1. The number of hydrogen-bond donors (Lipinski definition) is 0. The minimum absolute atomic E-state index is 0.0623. The average Bonchev–Trinajstić information content (AvgIpc) is 3.28. The molecule has 0 bridgehead atoms. The predicted octanol–water partition coefficient (Wildman–Crippen LogP) is 2.99. The summed E-state index contributed by atoms with van der Waals surface area (Å²) in [5.74, 6) is 1.19. The van der Waals surface area contributed by atoms with Gasteiger partial charge in [0.05, 0.1) is 5.69 Å². The van der Waals surface area contributed by atoms with Gasteiger partial charge in [0.15, 0.2) is 0 Å². The van der Waals surface area contributed by atoms with Crippen molar-refractivity contribution in [1.29, 1.82) is 0 Å². The van der Waals surface area contributed by atoms with Gasteiger partial charge < -0.3 is 9.80 Å². The Balaban J connectivity index is 1.23. The van der Waals surface area contributed by atoms with Crippen LogP contribution in [0.4, 0.5) is 5.69 Å². The molecule has 0 N–H and O–H groups in total. The highest BCUT2D eigenvalue weighted by molar-refractivity contribution is 7.16. The normalized spacial score (nSPS) is 19.8. The SMILES string of the molecule is CN(Cc1cc(=O)n2nc(C3CC3)sc2n1)CC1CCN(c2ccccc2)C1. The van der Waals surface area contributed by atoms with Gasteiger partial charge in [-0.3, -0.25) is 4.79 Å². The van der Waals surface area contributed by atoms with Gasteiger partial charge in [0, 0.05) is 43.9 Å². The maximum absolute atomic E-state index is 12.4.